The molecule has 0 radical (unpaired) electrons. The molecule has 0 saturated carbocycles. The molecule has 6 heteroatoms. The summed E-state index contributed by atoms with van der Waals surface area (Å²) >= 11 is 12.4. The fourth-order valence-electron chi connectivity index (χ4n) is 3.93. The molecule has 1 aliphatic rings. The van der Waals surface area contributed by atoms with Gasteiger partial charge in [-0.05, 0) is 41.5 Å². The third kappa shape index (κ3) is 3.00. The molecule has 1 unspecified atom stereocenters. The second-order valence-corrected chi connectivity index (χ2v) is 7.99. The molecule has 0 bridgehead atoms. The average Bonchev–Trinajstić information content (AvgIpc) is 3.03. The molecule has 0 saturated heterocycles. The predicted molar refractivity (Wildman–Crippen MR) is 117 cm³/mol. The molecule has 1 amide bonds. The van der Waals surface area contributed by atoms with Crippen LogP contribution in [0.15, 0.2) is 82.0 Å². The molecule has 4 nitrogen and oxygen atoms in total. The van der Waals surface area contributed by atoms with Gasteiger partial charge in [-0.3, -0.25) is 9.59 Å². The van der Waals surface area contributed by atoms with Gasteiger partial charge >= 0.3 is 0 Å². The second kappa shape index (κ2) is 7.31. The number of hydrogen-bond acceptors (Lipinski definition) is 3. The molecule has 3 aromatic carbocycles. The van der Waals surface area contributed by atoms with Crippen LogP contribution in [0.4, 0.5) is 0 Å². The predicted octanol–water partition coefficient (Wildman–Crippen LogP) is 5.85. The molecule has 30 heavy (non-hydrogen) atoms. The fraction of sp³-hybridized carbons (Fsp3) is 0.0833. The van der Waals surface area contributed by atoms with Crippen molar-refractivity contribution in [1.82, 2.24) is 4.90 Å². The molecule has 1 aromatic heterocycles. The normalized spacial score (nSPS) is 15.6. The number of hydrogen-bond donors (Lipinski definition) is 0. The molecule has 4 aromatic rings. The third-order valence-corrected chi connectivity index (χ3v) is 5.98. The first kappa shape index (κ1) is 18.9. The van der Waals surface area contributed by atoms with Gasteiger partial charge in [0, 0.05) is 16.6 Å². The van der Waals surface area contributed by atoms with E-state index in [4.69, 9.17) is 27.6 Å². The summed E-state index contributed by atoms with van der Waals surface area (Å²) in [6.45, 7) is 0.242. The van der Waals surface area contributed by atoms with Gasteiger partial charge < -0.3 is 9.32 Å². The fourth-order valence-corrected chi connectivity index (χ4v) is 4.25. The highest BCUT2D eigenvalue weighted by Crippen LogP contribution is 2.39. The van der Waals surface area contributed by atoms with Gasteiger partial charge in [0.15, 0.2) is 5.43 Å². The van der Waals surface area contributed by atoms with E-state index in [1.807, 2.05) is 30.3 Å². The lowest BCUT2D eigenvalue weighted by Gasteiger charge is -2.25. The number of para-hydroxylation sites is 1. The summed E-state index contributed by atoms with van der Waals surface area (Å²) < 4.78 is 5.92. The topological polar surface area (TPSA) is 50.5 Å². The van der Waals surface area contributed by atoms with E-state index >= 15 is 0 Å². The van der Waals surface area contributed by atoms with Crippen LogP contribution in [0.5, 0.6) is 0 Å². The standard InChI is InChI=1S/C24H15Cl2NO3/c25-16-11-9-14(10-12-16)21-20-22(28)17-6-2-4-8-19(17)30-23(20)24(29)27(21)13-15-5-1-3-7-18(15)26/h1-12,21H,13H2. The largest absolute Gasteiger partial charge is 0.450 e. The van der Waals surface area contributed by atoms with Crippen molar-refractivity contribution in [3.05, 3.63) is 116 Å². The summed E-state index contributed by atoms with van der Waals surface area (Å²) in [7, 11) is 0. The summed E-state index contributed by atoms with van der Waals surface area (Å²) in [5.41, 5.74) is 2.09. The number of carbonyl (C=O) groups excluding carboxylic acids is 1. The number of fused-ring (bicyclic) bond motifs is 2. The van der Waals surface area contributed by atoms with Crippen LogP contribution in [0.1, 0.15) is 33.3 Å². The lowest BCUT2D eigenvalue weighted by atomic mass is 9.98. The number of rotatable bonds is 3. The van der Waals surface area contributed by atoms with Crippen molar-refractivity contribution in [3.8, 4) is 0 Å². The average molecular weight is 436 g/mol. The first-order valence-corrected chi connectivity index (χ1v) is 10.2. The van der Waals surface area contributed by atoms with Crippen molar-refractivity contribution in [2.45, 2.75) is 12.6 Å². The second-order valence-electron chi connectivity index (χ2n) is 7.15. The van der Waals surface area contributed by atoms with E-state index in [1.165, 1.54) is 0 Å². The van der Waals surface area contributed by atoms with Crippen LogP contribution in [0.3, 0.4) is 0 Å². The summed E-state index contributed by atoms with van der Waals surface area (Å²) in [4.78, 5) is 28.4. The zero-order chi connectivity index (χ0) is 20.8. The highest BCUT2D eigenvalue weighted by atomic mass is 35.5. The van der Waals surface area contributed by atoms with E-state index in [0.717, 1.165) is 11.1 Å². The zero-order valence-corrected chi connectivity index (χ0v) is 17.2. The Morgan fingerprint density at radius 2 is 1.57 bits per heavy atom. The number of halogens is 2. The molecular weight excluding hydrogens is 421 g/mol. The molecule has 0 N–H and O–H groups in total. The molecule has 0 fully saturated rings. The van der Waals surface area contributed by atoms with Gasteiger partial charge in [-0.15, -0.1) is 0 Å². The lowest BCUT2D eigenvalue weighted by molar-refractivity contribution is 0.0714. The van der Waals surface area contributed by atoms with Crippen LogP contribution in [0.2, 0.25) is 10.0 Å². The Labute approximate surface area is 182 Å². The van der Waals surface area contributed by atoms with Crippen molar-refractivity contribution in [3.63, 3.8) is 0 Å². The minimum Gasteiger partial charge on any atom is -0.450 e. The van der Waals surface area contributed by atoms with E-state index < -0.39 is 6.04 Å². The highest BCUT2D eigenvalue weighted by Gasteiger charge is 2.42. The third-order valence-electron chi connectivity index (χ3n) is 5.36. The first-order chi connectivity index (χ1) is 14.5. The molecular formula is C24H15Cl2NO3. The van der Waals surface area contributed by atoms with Crippen LogP contribution < -0.4 is 5.43 Å². The van der Waals surface area contributed by atoms with E-state index in [9.17, 15) is 9.59 Å². The zero-order valence-electron chi connectivity index (χ0n) is 15.6. The first-order valence-electron chi connectivity index (χ1n) is 9.40. The summed E-state index contributed by atoms with van der Waals surface area (Å²) in [5.74, 6) is -0.265. The molecule has 5 rings (SSSR count). The van der Waals surface area contributed by atoms with Gasteiger partial charge in [-0.25, -0.2) is 0 Å². The lowest BCUT2D eigenvalue weighted by Crippen LogP contribution is -2.29. The summed E-state index contributed by atoms with van der Waals surface area (Å²) in [6.07, 6.45) is 0. The minimum absolute atomic E-state index is 0.0747. The molecule has 0 spiro atoms. The Morgan fingerprint density at radius 3 is 2.33 bits per heavy atom. The number of amides is 1. The SMILES string of the molecule is O=C1c2oc3ccccc3c(=O)c2C(c2ccc(Cl)cc2)N1Cc1ccccc1Cl. The van der Waals surface area contributed by atoms with Crippen molar-refractivity contribution >= 4 is 40.1 Å². The molecule has 2 heterocycles. The van der Waals surface area contributed by atoms with E-state index in [0.29, 0.717) is 26.6 Å². The van der Waals surface area contributed by atoms with E-state index in [1.54, 1.807) is 47.4 Å². The van der Waals surface area contributed by atoms with Crippen LogP contribution in [-0.4, -0.2) is 10.8 Å². The minimum atomic E-state index is -0.595. The molecule has 1 aliphatic heterocycles. The van der Waals surface area contributed by atoms with Gasteiger partial charge in [-0.1, -0.05) is 65.7 Å². The van der Waals surface area contributed by atoms with Crippen LogP contribution in [0.25, 0.3) is 11.0 Å². The van der Waals surface area contributed by atoms with Crippen LogP contribution in [-0.2, 0) is 6.54 Å². The van der Waals surface area contributed by atoms with Crippen molar-refractivity contribution in [1.29, 1.82) is 0 Å². The Hall–Kier alpha value is -3.08. The highest BCUT2D eigenvalue weighted by molar-refractivity contribution is 6.31. The van der Waals surface area contributed by atoms with Gasteiger partial charge in [-0.2, -0.15) is 0 Å². The Kier molecular flexibility index (Phi) is 4.61. The Bertz CT molecular complexity index is 1340. The molecule has 1 atom stereocenters. The van der Waals surface area contributed by atoms with Gasteiger partial charge in [0.1, 0.15) is 5.58 Å². The quantitative estimate of drug-likeness (QED) is 0.405. The maximum Gasteiger partial charge on any atom is 0.291 e. The summed E-state index contributed by atoms with van der Waals surface area (Å²) in [6, 6.07) is 20.8. The monoisotopic (exact) mass is 435 g/mol. The van der Waals surface area contributed by atoms with E-state index in [2.05, 4.69) is 0 Å². The van der Waals surface area contributed by atoms with Crippen LogP contribution in [0, 0.1) is 0 Å². The summed E-state index contributed by atoms with van der Waals surface area (Å²) in [5, 5.41) is 1.58. The maximum atomic E-state index is 13.4. The molecule has 0 aliphatic carbocycles. The van der Waals surface area contributed by atoms with Crippen LogP contribution >= 0.6 is 23.2 Å². The number of nitrogens with zero attached hydrogens (tertiary/aromatic N) is 1. The van der Waals surface area contributed by atoms with Gasteiger partial charge in [0.25, 0.3) is 5.91 Å². The van der Waals surface area contributed by atoms with Crippen molar-refractivity contribution in [2.24, 2.45) is 0 Å². The Balaban J connectivity index is 1.73. The Morgan fingerprint density at radius 1 is 0.867 bits per heavy atom. The van der Waals surface area contributed by atoms with Crippen molar-refractivity contribution in [2.75, 3.05) is 0 Å². The van der Waals surface area contributed by atoms with Crippen molar-refractivity contribution < 1.29 is 9.21 Å². The number of carbonyl (C=O) groups is 1. The van der Waals surface area contributed by atoms with Gasteiger partial charge in [0.05, 0.1) is 17.0 Å². The smallest absolute Gasteiger partial charge is 0.291 e. The van der Waals surface area contributed by atoms with E-state index in [-0.39, 0.29) is 23.6 Å². The van der Waals surface area contributed by atoms with Gasteiger partial charge in [0.2, 0.25) is 5.76 Å². The maximum absolute atomic E-state index is 13.4. The number of benzene rings is 3. The molecule has 148 valence electrons.